The lowest BCUT2D eigenvalue weighted by molar-refractivity contribution is 0.532. The molecule has 0 saturated carbocycles. The molecule has 0 saturated heterocycles. The first-order valence-electron chi connectivity index (χ1n) is 6.43. The van der Waals surface area contributed by atoms with Crippen LogP contribution in [0.1, 0.15) is 5.56 Å². The van der Waals surface area contributed by atoms with Gasteiger partial charge in [-0.2, -0.15) is 0 Å². The maximum atomic E-state index is 12.6. The van der Waals surface area contributed by atoms with E-state index >= 15 is 0 Å². The number of aryl methyl sites for hydroxylation is 1. The van der Waals surface area contributed by atoms with Crippen LogP contribution in [0.4, 0.5) is 0 Å². The molecule has 0 unspecified atom stereocenters. The lowest BCUT2D eigenvalue weighted by atomic mass is 10.2. The maximum absolute atomic E-state index is 12.6. The lowest BCUT2D eigenvalue weighted by Crippen LogP contribution is -2.14. The Balaban J connectivity index is 2.29. The van der Waals surface area contributed by atoms with Crippen molar-refractivity contribution < 1.29 is 12.8 Å². The summed E-state index contributed by atoms with van der Waals surface area (Å²) in [5, 5.41) is 0.835. The molecule has 4 nitrogen and oxygen atoms in total. The van der Waals surface area contributed by atoms with Crippen molar-refractivity contribution in [2.24, 2.45) is 0 Å². The standard InChI is InChI=1S/C16H11ClO4S/c1-10-5-6-14-11(7-10)8-15(16(18)21-14)22(19,20)13-4-2-3-12(17)9-13/h2-9H,1H3. The van der Waals surface area contributed by atoms with Gasteiger partial charge in [-0.15, -0.1) is 0 Å². The Morgan fingerprint density at radius 2 is 1.82 bits per heavy atom. The normalized spacial score (nSPS) is 11.7. The lowest BCUT2D eigenvalue weighted by Gasteiger charge is -2.05. The Kier molecular flexibility index (Phi) is 3.54. The van der Waals surface area contributed by atoms with E-state index in [0.29, 0.717) is 11.0 Å². The summed E-state index contributed by atoms with van der Waals surface area (Å²) in [7, 11) is -3.99. The third-order valence-electron chi connectivity index (χ3n) is 3.25. The van der Waals surface area contributed by atoms with Crippen LogP contribution >= 0.6 is 11.6 Å². The topological polar surface area (TPSA) is 64.3 Å². The highest BCUT2D eigenvalue weighted by Gasteiger charge is 2.23. The van der Waals surface area contributed by atoms with E-state index in [0.717, 1.165) is 5.56 Å². The van der Waals surface area contributed by atoms with Gasteiger partial charge in [-0.25, -0.2) is 13.2 Å². The van der Waals surface area contributed by atoms with Crippen LogP contribution in [0.5, 0.6) is 0 Å². The van der Waals surface area contributed by atoms with E-state index in [2.05, 4.69) is 0 Å². The summed E-state index contributed by atoms with van der Waals surface area (Å²) in [6.45, 7) is 1.87. The minimum atomic E-state index is -3.99. The fourth-order valence-corrected chi connectivity index (χ4v) is 3.76. The molecule has 1 aromatic heterocycles. The second-order valence-electron chi connectivity index (χ2n) is 4.90. The highest BCUT2D eigenvalue weighted by molar-refractivity contribution is 7.91. The van der Waals surface area contributed by atoms with Gasteiger partial charge in [-0.3, -0.25) is 0 Å². The second-order valence-corrected chi connectivity index (χ2v) is 7.25. The van der Waals surface area contributed by atoms with Crippen LogP contribution in [0.25, 0.3) is 11.0 Å². The van der Waals surface area contributed by atoms with Crippen molar-refractivity contribution in [2.45, 2.75) is 16.7 Å². The SMILES string of the molecule is Cc1ccc2oc(=O)c(S(=O)(=O)c3cccc(Cl)c3)cc2c1. The predicted octanol–water partition coefficient (Wildman–Crippen LogP) is 3.59. The van der Waals surface area contributed by atoms with Crippen molar-refractivity contribution in [1.29, 1.82) is 0 Å². The zero-order chi connectivity index (χ0) is 15.9. The first-order valence-corrected chi connectivity index (χ1v) is 8.29. The van der Waals surface area contributed by atoms with E-state index in [1.165, 1.54) is 24.3 Å². The largest absolute Gasteiger partial charge is 0.422 e. The third-order valence-corrected chi connectivity index (χ3v) is 5.22. The fourth-order valence-electron chi connectivity index (χ4n) is 2.17. The Morgan fingerprint density at radius 3 is 2.55 bits per heavy atom. The van der Waals surface area contributed by atoms with Crippen molar-refractivity contribution in [3.05, 3.63) is 69.5 Å². The van der Waals surface area contributed by atoms with Crippen LogP contribution < -0.4 is 5.63 Å². The van der Waals surface area contributed by atoms with Crippen LogP contribution in [0.2, 0.25) is 5.02 Å². The van der Waals surface area contributed by atoms with Crippen LogP contribution in [0.15, 0.2) is 67.5 Å². The molecule has 0 aliphatic rings. The molecule has 6 heteroatoms. The predicted molar refractivity (Wildman–Crippen MR) is 84.1 cm³/mol. The quantitative estimate of drug-likeness (QED) is 0.672. The third kappa shape index (κ3) is 2.53. The monoisotopic (exact) mass is 334 g/mol. The van der Waals surface area contributed by atoms with Crippen LogP contribution in [-0.4, -0.2) is 8.42 Å². The highest BCUT2D eigenvalue weighted by atomic mass is 35.5. The summed E-state index contributed by atoms with van der Waals surface area (Å²) < 4.78 is 30.4. The summed E-state index contributed by atoms with van der Waals surface area (Å²) in [6, 6.07) is 12.3. The van der Waals surface area contributed by atoms with Crippen molar-refractivity contribution in [2.75, 3.05) is 0 Å². The number of hydrogen-bond donors (Lipinski definition) is 0. The zero-order valence-corrected chi connectivity index (χ0v) is 13.1. The van der Waals surface area contributed by atoms with Gasteiger partial charge in [0, 0.05) is 10.4 Å². The summed E-state index contributed by atoms with van der Waals surface area (Å²) in [5.41, 5.74) is 0.393. The molecule has 0 aliphatic carbocycles. The molecule has 0 spiro atoms. The molecule has 0 N–H and O–H groups in total. The van der Waals surface area contributed by atoms with Gasteiger partial charge in [0.25, 0.3) is 0 Å². The van der Waals surface area contributed by atoms with Crippen LogP contribution in [-0.2, 0) is 9.84 Å². The zero-order valence-electron chi connectivity index (χ0n) is 11.5. The average molecular weight is 335 g/mol. The van der Waals surface area contributed by atoms with Crippen molar-refractivity contribution in [1.82, 2.24) is 0 Å². The first kappa shape index (κ1) is 14.8. The smallest absolute Gasteiger partial charge is 0.355 e. The number of fused-ring (bicyclic) bond motifs is 1. The first-order chi connectivity index (χ1) is 10.4. The molecule has 0 atom stereocenters. The number of rotatable bonds is 2. The number of benzene rings is 2. The van der Waals surface area contributed by atoms with Gasteiger partial charge in [0.05, 0.1) is 4.90 Å². The van der Waals surface area contributed by atoms with Gasteiger partial charge in [0.1, 0.15) is 5.58 Å². The van der Waals surface area contributed by atoms with Crippen molar-refractivity contribution in [3.8, 4) is 0 Å². The molecule has 0 bridgehead atoms. The molecule has 0 amide bonds. The van der Waals surface area contributed by atoms with Crippen molar-refractivity contribution in [3.63, 3.8) is 0 Å². The molecule has 2 aromatic carbocycles. The number of hydrogen-bond acceptors (Lipinski definition) is 4. The van der Waals surface area contributed by atoms with Crippen LogP contribution in [0.3, 0.4) is 0 Å². The van der Waals surface area contributed by atoms with Gasteiger partial charge >= 0.3 is 5.63 Å². The highest BCUT2D eigenvalue weighted by Crippen LogP contribution is 2.24. The summed E-state index contributed by atoms with van der Waals surface area (Å²) in [4.78, 5) is 11.6. The van der Waals surface area contributed by atoms with E-state index in [1.807, 2.05) is 6.92 Å². The number of sulfone groups is 1. The van der Waals surface area contributed by atoms with Crippen molar-refractivity contribution >= 4 is 32.4 Å². The van der Waals surface area contributed by atoms with E-state index in [1.54, 1.807) is 24.3 Å². The molecule has 0 fully saturated rings. The molecule has 1 heterocycles. The molecule has 22 heavy (non-hydrogen) atoms. The second kappa shape index (κ2) is 5.26. The summed E-state index contributed by atoms with van der Waals surface area (Å²) in [5.74, 6) is 0. The minimum absolute atomic E-state index is 0.0423. The maximum Gasteiger partial charge on any atom is 0.355 e. The minimum Gasteiger partial charge on any atom is -0.422 e. The summed E-state index contributed by atoms with van der Waals surface area (Å²) >= 11 is 5.83. The van der Waals surface area contributed by atoms with Gasteiger partial charge < -0.3 is 4.42 Å². The van der Waals surface area contributed by atoms with Gasteiger partial charge in [0.15, 0.2) is 4.90 Å². The van der Waals surface area contributed by atoms with E-state index in [4.69, 9.17) is 16.0 Å². The molecule has 112 valence electrons. The van der Waals surface area contributed by atoms with Gasteiger partial charge in [-0.1, -0.05) is 29.3 Å². The molecule has 0 aliphatic heterocycles. The molecule has 3 aromatic rings. The number of halogens is 1. The molecular weight excluding hydrogens is 324 g/mol. The van der Waals surface area contributed by atoms with Crippen LogP contribution in [0, 0.1) is 6.92 Å². The Bertz CT molecular complexity index is 1040. The van der Waals surface area contributed by atoms with Gasteiger partial charge in [-0.05, 0) is 43.3 Å². The molecule has 0 radical (unpaired) electrons. The van der Waals surface area contributed by atoms with E-state index in [9.17, 15) is 13.2 Å². The Morgan fingerprint density at radius 1 is 1.05 bits per heavy atom. The average Bonchev–Trinajstić information content (AvgIpc) is 2.47. The molecule has 3 rings (SSSR count). The van der Waals surface area contributed by atoms with E-state index < -0.39 is 20.4 Å². The fraction of sp³-hybridized carbons (Fsp3) is 0.0625. The Labute approximate surface area is 131 Å². The Hall–Kier alpha value is -2.11. The van der Waals surface area contributed by atoms with Gasteiger partial charge in [0.2, 0.25) is 9.84 Å². The van der Waals surface area contributed by atoms with E-state index in [-0.39, 0.29) is 9.92 Å². The summed E-state index contributed by atoms with van der Waals surface area (Å²) in [6.07, 6.45) is 0. The molecular formula is C16H11ClO4S.